The van der Waals surface area contributed by atoms with Gasteiger partial charge in [-0.1, -0.05) is 0 Å². The van der Waals surface area contributed by atoms with Crippen LogP contribution in [0, 0.1) is 5.82 Å². The summed E-state index contributed by atoms with van der Waals surface area (Å²) in [6, 6.07) is 1.58. The van der Waals surface area contributed by atoms with Crippen LogP contribution in [-0.4, -0.2) is 33.8 Å². The van der Waals surface area contributed by atoms with Crippen molar-refractivity contribution in [2.24, 2.45) is 0 Å². The third-order valence-electron chi connectivity index (χ3n) is 2.57. The molecule has 0 bridgehead atoms. The Hall–Kier alpha value is -0.680. The fraction of sp³-hybridized carbons (Fsp3) is 0.500. The second-order valence-corrected chi connectivity index (χ2v) is 5.54. The van der Waals surface area contributed by atoms with Gasteiger partial charge in [0.2, 0.25) is 0 Å². The van der Waals surface area contributed by atoms with Gasteiger partial charge in [0.05, 0.1) is 5.88 Å². The van der Waals surface area contributed by atoms with Crippen molar-refractivity contribution in [1.29, 1.82) is 0 Å². The van der Waals surface area contributed by atoms with Gasteiger partial charge >= 0.3 is 0 Å². The van der Waals surface area contributed by atoms with E-state index < -0.39 is 10.8 Å². The molecule has 0 amide bonds. The van der Waals surface area contributed by atoms with Crippen LogP contribution >= 0.6 is 11.6 Å². The molecule has 6 heteroatoms. The first-order valence-corrected chi connectivity index (χ1v) is 7.04. The van der Waals surface area contributed by atoms with E-state index in [-0.39, 0.29) is 11.7 Å². The summed E-state index contributed by atoms with van der Waals surface area (Å²) < 4.78 is 25.1. The van der Waals surface area contributed by atoms with Crippen LogP contribution in [0.15, 0.2) is 12.3 Å². The average molecular weight is 263 g/mol. The molecule has 0 radical (unpaired) electrons. The van der Waals surface area contributed by atoms with Crippen LogP contribution in [0.3, 0.4) is 0 Å². The first-order chi connectivity index (χ1) is 7.72. The molecule has 0 unspecified atom stereocenters. The lowest BCUT2D eigenvalue weighted by molar-refractivity contribution is 0.599. The van der Waals surface area contributed by atoms with E-state index in [1.165, 1.54) is 0 Å². The Morgan fingerprint density at radius 3 is 2.81 bits per heavy atom. The lowest BCUT2D eigenvalue weighted by Crippen LogP contribution is -2.38. The number of pyridine rings is 1. The van der Waals surface area contributed by atoms with Gasteiger partial charge in [-0.3, -0.25) is 4.21 Å². The molecule has 1 aliphatic rings. The summed E-state index contributed by atoms with van der Waals surface area (Å²) >= 11 is 5.63. The summed E-state index contributed by atoms with van der Waals surface area (Å²) in [4.78, 5) is 5.86. The Bertz CT molecular complexity index is 406. The highest BCUT2D eigenvalue weighted by Gasteiger charge is 2.20. The molecule has 2 heterocycles. The normalized spacial score (nSPS) is 17.8. The lowest BCUT2D eigenvalue weighted by atomic mass is 10.2. The molecule has 3 nitrogen and oxygen atoms in total. The number of alkyl halides is 1. The van der Waals surface area contributed by atoms with E-state index in [4.69, 9.17) is 11.6 Å². The predicted molar refractivity (Wildman–Crippen MR) is 63.8 cm³/mol. The largest absolute Gasteiger partial charge is 0.352 e. The van der Waals surface area contributed by atoms with Gasteiger partial charge < -0.3 is 4.90 Å². The van der Waals surface area contributed by atoms with Gasteiger partial charge in [-0.15, -0.1) is 11.6 Å². The smallest absolute Gasteiger partial charge is 0.170 e. The van der Waals surface area contributed by atoms with E-state index in [0.29, 0.717) is 36.0 Å². The van der Waals surface area contributed by atoms with E-state index in [1.54, 1.807) is 12.3 Å². The van der Waals surface area contributed by atoms with Gasteiger partial charge in [0.15, 0.2) is 11.6 Å². The molecule has 88 valence electrons. The van der Waals surface area contributed by atoms with Crippen molar-refractivity contribution < 1.29 is 8.60 Å². The molecule has 1 fully saturated rings. The number of hydrogen-bond acceptors (Lipinski definition) is 3. The minimum Gasteiger partial charge on any atom is -0.352 e. The SMILES string of the molecule is O=S1CCN(c2nccc(CCl)c2F)CC1. The van der Waals surface area contributed by atoms with E-state index in [9.17, 15) is 8.60 Å². The van der Waals surface area contributed by atoms with Crippen molar-refractivity contribution in [2.45, 2.75) is 5.88 Å². The molecule has 1 saturated heterocycles. The first-order valence-electron chi connectivity index (χ1n) is 5.01. The monoisotopic (exact) mass is 262 g/mol. The lowest BCUT2D eigenvalue weighted by Gasteiger charge is -2.27. The summed E-state index contributed by atoms with van der Waals surface area (Å²) in [7, 11) is -0.766. The first kappa shape index (κ1) is 11.8. The van der Waals surface area contributed by atoms with Crippen LogP contribution < -0.4 is 4.90 Å². The van der Waals surface area contributed by atoms with E-state index in [0.717, 1.165) is 0 Å². The van der Waals surface area contributed by atoms with Gasteiger partial charge in [-0.05, 0) is 6.07 Å². The maximum atomic E-state index is 13.9. The molecule has 1 aromatic rings. The maximum Gasteiger partial charge on any atom is 0.170 e. The van der Waals surface area contributed by atoms with Gasteiger partial charge in [-0.25, -0.2) is 9.37 Å². The molecule has 0 saturated carbocycles. The van der Waals surface area contributed by atoms with Gasteiger partial charge in [0.1, 0.15) is 0 Å². The third-order valence-corrected chi connectivity index (χ3v) is 4.14. The Kier molecular flexibility index (Phi) is 3.76. The molecule has 1 aromatic heterocycles. The number of rotatable bonds is 2. The average Bonchev–Trinajstić information content (AvgIpc) is 2.31. The molecule has 0 spiro atoms. The molecule has 0 aliphatic carbocycles. The van der Waals surface area contributed by atoms with Gasteiger partial charge in [-0.2, -0.15) is 0 Å². The van der Waals surface area contributed by atoms with Crippen LogP contribution in [0.2, 0.25) is 0 Å². The minimum atomic E-state index is -0.766. The Morgan fingerprint density at radius 2 is 2.19 bits per heavy atom. The van der Waals surface area contributed by atoms with Crippen molar-refractivity contribution in [3.63, 3.8) is 0 Å². The van der Waals surface area contributed by atoms with E-state index >= 15 is 0 Å². The molecule has 0 N–H and O–H groups in total. The predicted octanol–water partition coefficient (Wildman–Crippen LogP) is 1.53. The van der Waals surface area contributed by atoms with Crippen LogP contribution in [0.25, 0.3) is 0 Å². The van der Waals surface area contributed by atoms with Crippen molar-refractivity contribution in [3.8, 4) is 0 Å². The van der Waals surface area contributed by atoms with Crippen molar-refractivity contribution >= 4 is 28.2 Å². The zero-order valence-corrected chi connectivity index (χ0v) is 10.2. The fourth-order valence-electron chi connectivity index (χ4n) is 1.64. The standard InChI is InChI=1S/C10H12ClFN2OS/c11-7-8-1-2-13-10(9(8)12)14-3-5-16(15)6-4-14/h1-2H,3-7H2. The molecular formula is C10H12ClFN2OS. The summed E-state index contributed by atoms with van der Waals surface area (Å²) in [5, 5.41) is 0. The Morgan fingerprint density at radius 1 is 1.50 bits per heavy atom. The fourth-order valence-corrected chi connectivity index (χ4v) is 2.90. The Balaban J connectivity index is 2.23. The topological polar surface area (TPSA) is 33.2 Å². The zero-order chi connectivity index (χ0) is 11.5. The Labute approximate surface area is 101 Å². The highest BCUT2D eigenvalue weighted by atomic mass is 35.5. The zero-order valence-electron chi connectivity index (χ0n) is 8.66. The summed E-state index contributed by atoms with van der Waals surface area (Å²) in [6.45, 7) is 1.17. The minimum absolute atomic E-state index is 0.140. The van der Waals surface area contributed by atoms with E-state index in [2.05, 4.69) is 4.98 Å². The molecule has 0 atom stereocenters. The number of nitrogens with zero attached hydrogens (tertiary/aromatic N) is 2. The molecule has 0 aromatic carbocycles. The van der Waals surface area contributed by atoms with Crippen molar-refractivity contribution in [3.05, 3.63) is 23.6 Å². The molecule has 2 rings (SSSR count). The number of anilines is 1. The second kappa shape index (κ2) is 5.10. The van der Waals surface area contributed by atoms with Gasteiger partial charge in [0.25, 0.3) is 0 Å². The molecule has 16 heavy (non-hydrogen) atoms. The summed E-state index contributed by atoms with van der Waals surface area (Å²) in [6.07, 6.45) is 1.56. The molecule has 1 aliphatic heterocycles. The van der Waals surface area contributed by atoms with Gasteiger partial charge in [0, 0.05) is 47.2 Å². The highest BCUT2D eigenvalue weighted by molar-refractivity contribution is 7.85. The summed E-state index contributed by atoms with van der Waals surface area (Å²) in [5.74, 6) is 1.26. The number of hydrogen-bond donors (Lipinski definition) is 0. The van der Waals surface area contributed by atoms with E-state index in [1.807, 2.05) is 4.90 Å². The summed E-state index contributed by atoms with van der Waals surface area (Å²) in [5.41, 5.74) is 0.457. The quantitative estimate of drug-likeness (QED) is 0.758. The van der Waals surface area contributed by atoms with Crippen LogP contribution in [0.4, 0.5) is 10.2 Å². The molecular weight excluding hydrogens is 251 g/mol. The van der Waals surface area contributed by atoms with Crippen LogP contribution in [0.1, 0.15) is 5.56 Å². The number of halogens is 2. The van der Waals surface area contributed by atoms with Crippen molar-refractivity contribution in [1.82, 2.24) is 4.98 Å². The van der Waals surface area contributed by atoms with Crippen LogP contribution in [-0.2, 0) is 16.7 Å². The van der Waals surface area contributed by atoms with Crippen molar-refractivity contribution in [2.75, 3.05) is 29.5 Å². The second-order valence-electron chi connectivity index (χ2n) is 3.58. The maximum absolute atomic E-state index is 13.9. The third kappa shape index (κ3) is 2.35. The number of aromatic nitrogens is 1. The van der Waals surface area contributed by atoms with Crippen LogP contribution in [0.5, 0.6) is 0 Å². The highest BCUT2D eigenvalue weighted by Crippen LogP contribution is 2.21.